The lowest BCUT2D eigenvalue weighted by atomic mass is 10.1. The van der Waals surface area contributed by atoms with Crippen molar-refractivity contribution in [2.75, 3.05) is 33.3 Å². The number of thiophene rings is 1. The first-order valence-electron chi connectivity index (χ1n) is 7.55. The summed E-state index contributed by atoms with van der Waals surface area (Å²) >= 11 is 1.47. The van der Waals surface area contributed by atoms with Gasteiger partial charge in [-0.2, -0.15) is 0 Å². The van der Waals surface area contributed by atoms with Gasteiger partial charge in [0.05, 0.1) is 12.0 Å². The second-order valence-electron chi connectivity index (χ2n) is 5.50. The van der Waals surface area contributed by atoms with E-state index in [1.54, 1.807) is 13.2 Å². The summed E-state index contributed by atoms with van der Waals surface area (Å²) in [6, 6.07) is 8.32. The van der Waals surface area contributed by atoms with Gasteiger partial charge in [-0.3, -0.25) is 9.69 Å². The van der Waals surface area contributed by atoms with Crippen LogP contribution in [0.15, 0.2) is 35.7 Å². The van der Waals surface area contributed by atoms with Gasteiger partial charge in [0.25, 0.3) is 5.91 Å². The molecule has 0 N–H and O–H groups in total. The van der Waals surface area contributed by atoms with Gasteiger partial charge in [-0.1, -0.05) is 6.07 Å². The SMILES string of the molecule is COc1ccc(F)cc1CN1CCN(C(=O)c2cccs2)CC1. The molecule has 0 saturated carbocycles. The summed E-state index contributed by atoms with van der Waals surface area (Å²) in [6.07, 6.45) is 0. The highest BCUT2D eigenvalue weighted by molar-refractivity contribution is 7.12. The number of halogens is 1. The number of ether oxygens (including phenoxy) is 1. The van der Waals surface area contributed by atoms with E-state index in [2.05, 4.69) is 4.90 Å². The van der Waals surface area contributed by atoms with Crippen molar-refractivity contribution in [2.45, 2.75) is 6.54 Å². The topological polar surface area (TPSA) is 32.8 Å². The Morgan fingerprint density at radius 2 is 2.04 bits per heavy atom. The molecule has 0 spiro atoms. The normalized spacial score (nSPS) is 15.7. The van der Waals surface area contributed by atoms with E-state index in [0.29, 0.717) is 25.4 Å². The van der Waals surface area contributed by atoms with E-state index < -0.39 is 0 Å². The molecule has 0 bridgehead atoms. The molecule has 1 aliphatic heterocycles. The monoisotopic (exact) mass is 334 g/mol. The van der Waals surface area contributed by atoms with Gasteiger partial charge in [-0.15, -0.1) is 11.3 Å². The molecule has 2 heterocycles. The molecule has 0 atom stereocenters. The first-order chi connectivity index (χ1) is 11.2. The lowest BCUT2D eigenvalue weighted by Gasteiger charge is -2.34. The molecule has 6 heteroatoms. The maximum Gasteiger partial charge on any atom is 0.264 e. The Bertz CT molecular complexity index is 667. The van der Waals surface area contributed by atoms with Crippen molar-refractivity contribution in [2.24, 2.45) is 0 Å². The summed E-state index contributed by atoms with van der Waals surface area (Å²) in [5.74, 6) is 0.541. The molecule has 0 aliphatic carbocycles. The third kappa shape index (κ3) is 3.71. The van der Waals surface area contributed by atoms with Gasteiger partial charge in [-0.25, -0.2) is 4.39 Å². The van der Waals surface area contributed by atoms with Gasteiger partial charge in [0.15, 0.2) is 0 Å². The van der Waals surface area contributed by atoms with Gasteiger partial charge in [-0.05, 0) is 29.6 Å². The van der Waals surface area contributed by atoms with Crippen LogP contribution in [0.1, 0.15) is 15.2 Å². The van der Waals surface area contributed by atoms with Crippen LogP contribution in [0.25, 0.3) is 0 Å². The van der Waals surface area contributed by atoms with Crippen LogP contribution in [-0.4, -0.2) is 49.0 Å². The van der Waals surface area contributed by atoms with Crippen molar-refractivity contribution < 1.29 is 13.9 Å². The molecule has 0 radical (unpaired) electrons. The predicted octanol–water partition coefficient (Wildman–Crippen LogP) is 2.85. The molecule has 4 nitrogen and oxygen atoms in total. The Kier molecular flexibility index (Phi) is 4.93. The summed E-state index contributed by atoms with van der Waals surface area (Å²) in [5.41, 5.74) is 0.838. The fraction of sp³-hybridized carbons (Fsp3) is 0.353. The first kappa shape index (κ1) is 16.0. The van der Waals surface area contributed by atoms with Crippen LogP contribution in [0.4, 0.5) is 4.39 Å². The molecule has 122 valence electrons. The fourth-order valence-corrected chi connectivity index (χ4v) is 3.47. The largest absolute Gasteiger partial charge is 0.496 e. The Morgan fingerprint density at radius 1 is 1.26 bits per heavy atom. The van der Waals surface area contributed by atoms with Gasteiger partial charge in [0.2, 0.25) is 0 Å². The summed E-state index contributed by atoms with van der Waals surface area (Å²) in [5, 5.41) is 1.92. The maximum atomic E-state index is 13.4. The van der Waals surface area contributed by atoms with Crippen LogP contribution in [0.5, 0.6) is 5.75 Å². The number of piperazine rings is 1. The number of benzene rings is 1. The summed E-state index contributed by atoms with van der Waals surface area (Å²) in [4.78, 5) is 17.2. The molecule has 1 fully saturated rings. The van der Waals surface area contributed by atoms with Gasteiger partial charge >= 0.3 is 0 Å². The van der Waals surface area contributed by atoms with E-state index in [0.717, 1.165) is 23.5 Å². The number of methoxy groups -OCH3 is 1. The summed E-state index contributed by atoms with van der Waals surface area (Å²) in [6.45, 7) is 3.55. The molecule has 3 rings (SSSR count). The molecule has 0 unspecified atom stereocenters. The number of hydrogen-bond donors (Lipinski definition) is 0. The third-order valence-electron chi connectivity index (χ3n) is 4.03. The van der Waals surface area contributed by atoms with E-state index in [1.165, 1.54) is 23.5 Å². The predicted molar refractivity (Wildman–Crippen MR) is 88.5 cm³/mol. The van der Waals surface area contributed by atoms with Crippen LogP contribution in [0.2, 0.25) is 0 Å². The maximum absolute atomic E-state index is 13.4. The average Bonchev–Trinajstić information content (AvgIpc) is 3.10. The highest BCUT2D eigenvalue weighted by Gasteiger charge is 2.23. The Hall–Kier alpha value is -1.92. The molecule has 1 aliphatic rings. The quantitative estimate of drug-likeness (QED) is 0.862. The first-order valence-corrected chi connectivity index (χ1v) is 8.43. The van der Waals surface area contributed by atoms with Crippen LogP contribution in [0.3, 0.4) is 0 Å². The minimum Gasteiger partial charge on any atom is -0.496 e. The highest BCUT2D eigenvalue weighted by atomic mass is 32.1. The zero-order valence-electron chi connectivity index (χ0n) is 13.0. The number of hydrogen-bond acceptors (Lipinski definition) is 4. The summed E-state index contributed by atoms with van der Waals surface area (Å²) in [7, 11) is 1.59. The Morgan fingerprint density at radius 3 is 2.70 bits per heavy atom. The fourth-order valence-electron chi connectivity index (χ4n) is 2.78. The minimum absolute atomic E-state index is 0.1000. The average molecular weight is 334 g/mol. The molecule has 2 aromatic rings. The van der Waals surface area contributed by atoms with Crippen LogP contribution in [-0.2, 0) is 6.54 Å². The van der Waals surface area contributed by atoms with Crippen LogP contribution >= 0.6 is 11.3 Å². The van der Waals surface area contributed by atoms with Gasteiger partial charge in [0.1, 0.15) is 11.6 Å². The van der Waals surface area contributed by atoms with Crippen LogP contribution in [0, 0.1) is 5.82 Å². The molecular weight excluding hydrogens is 315 g/mol. The Labute approximate surface area is 139 Å². The molecule has 1 aromatic heterocycles. The number of rotatable bonds is 4. The van der Waals surface area contributed by atoms with Crippen LogP contribution < -0.4 is 4.74 Å². The van der Waals surface area contributed by atoms with E-state index in [1.807, 2.05) is 22.4 Å². The molecule has 23 heavy (non-hydrogen) atoms. The Balaban J connectivity index is 1.59. The number of carbonyl (C=O) groups excluding carboxylic acids is 1. The molecule has 1 aromatic carbocycles. The van der Waals surface area contributed by atoms with E-state index >= 15 is 0 Å². The van der Waals surface area contributed by atoms with Crippen molar-refractivity contribution in [1.82, 2.24) is 9.80 Å². The molecular formula is C17H19FN2O2S. The van der Waals surface area contributed by atoms with E-state index in [-0.39, 0.29) is 11.7 Å². The molecule has 1 saturated heterocycles. The lowest BCUT2D eigenvalue weighted by Crippen LogP contribution is -2.48. The zero-order valence-corrected chi connectivity index (χ0v) is 13.8. The van der Waals surface area contributed by atoms with E-state index in [9.17, 15) is 9.18 Å². The van der Waals surface area contributed by atoms with Crippen molar-refractivity contribution in [3.05, 3.63) is 52.0 Å². The minimum atomic E-state index is -0.257. The second-order valence-corrected chi connectivity index (χ2v) is 6.45. The van der Waals surface area contributed by atoms with Gasteiger partial charge in [0, 0.05) is 38.3 Å². The number of amides is 1. The highest BCUT2D eigenvalue weighted by Crippen LogP contribution is 2.22. The van der Waals surface area contributed by atoms with Crippen molar-refractivity contribution in [1.29, 1.82) is 0 Å². The smallest absolute Gasteiger partial charge is 0.264 e. The van der Waals surface area contributed by atoms with Crippen molar-refractivity contribution in [3.8, 4) is 5.75 Å². The second kappa shape index (κ2) is 7.10. The van der Waals surface area contributed by atoms with Crippen molar-refractivity contribution in [3.63, 3.8) is 0 Å². The lowest BCUT2D eigenvalue weighted by molar-refractivity contribution is 0.0632. The standard InChI is InChI=1S/C17H19FN2O2S/c1-22-15-5-4-14(18)11-13(15)12-19-6-8-20(9-7-19)17(21)16-3-2-10-23-16/h2-5,10-11H,6-9,12H2,1H3. The van der Waals surface area contributed by atoms with Gasteiger partial charge < -0.3 is 9.64 Å². The number of carbonyl (C=O) groups is 1. The zero-order chi connectivity index (χ0) is 16.2. The number of nitrogens with zero attached hydrogens (tertiary/aromatic N) is 2. The van der Waals surface area contributed by atoms with E-state index in [4.69, 9.17) is 4.74 Å². The molecule has 1 amide bonds. The summed E-state index contributed by atoms with van der Waals surface area (Å²) < 4.78 is 18.7. The van der Waals surface area contributed by atoms with Crippen molar-refractivity contribution >= 4 is 17.2 Å². The third-order valence-corrected chi connectivity index (χ3v) is 4.89.